The minimum absolute atomic E-state index is 0.238. The van der Waals surface area contributed by atoms with Crippen LogP contribution in [0.15, 0.2) is 58.8 Å². The lowest BCUT2D eigenvalue weighted by atomic mass is 9.95. The number of amides is 1. The molecule has 184 valence electrons. The number of hydrazone groups is 1. The maximum atomic E-state index is 12.6. The van der Waals surface area contributed by atoms with Crippen molar-refractivity contribution in [2.24, 2.45) is 5.10 Å². The summed E-state index contributed by atoms with van der Waals surface area (Å²) in [6, 6.07) is 12.1. The molecular weight excluding hydrogens is 468 g/mol. The molecule has 0 unspecified atom stereocenters. The Labute approximate surface area is 209 Å². The Hall–Kier alpha value is -3.92. The number of benzene rings is 2. The Kier molecular flexibility index (Phi) is 8.80. The molecule has 0 saturated carbocycles. The zero-order valence-electron chi connectivity index (χ0n) is 20.0. The van der Waals surface area contributed by atoms with Gasteiger partial charge in [-0.3, -0.25) is 4.79 Å². The number of hydrogen-bond donors (Lipinski definition) is 3. The molecule has 0 fully saturated rings. The SMILES string of the molecule is CCOC(=O)C1=C(C)NC(=S)N[C@H]1c1ccccc1OCC(=O)NN=Cc1ccc(OC)cc1C. The maximum absolute atomic E-state index is 12.6. The number of methoxy groups -OCH3 is 1. The van der Waals surface area contributed by atoms with Gasteiger partial charge in [0.2, 0.25) is 0 Å². The molecule has 2 aromatic carbocycles. The van der Waals surface area contributed by atoms with E-state index in [4.69, 9.17) is 26.4 Å². The molecule has 1 aliphatic rings. The average molecular weight is 497 g/mol. The van der Waals surface area contributed by atoms with E-state index in [2.05, 4.69) is 21.2 Å². The van der Waals surface area contributed by atoms with Gasteiger partial charge >= 0.3 is 5.97 Å². The number of rotatable bonds is 9. The maximum Gasteiger partial charge on any atom is 0.338 e. The number of esters is 1. The van der Waals surface area contributed by atoms with Crippen LogP contribution < -0.4 is 25.5 Å². The van der Waals surface area contributed by atoms with Gasteiger partial charge in [-0.2, -0.15) is 5.10 Å². The molecule has 0 aliphatic carbocycles. The standard InChI is InChI=1S/C25H28N4O5S/c1-5-33-24(31)22-16(3)27-25(35)28-23(22)19-8-6-7-9-20(19)34-14-21(30)29-26-13-17-10-11-18(32-4)12-15(17)2/h6-13,23H,5,14H2,1-4H3,(H,29,30)(H2,27,28,35)/t23-/m0/s1. The number of thiocarbonyl (C=S) groups is 1. The molecule has 0 aromatic heterocycles. The monoisotopic (exact) mass is 496 g/mol. The summed E-state index contributed by atoms with van der Waals surface area (Å²) in [5.41, 5.74) is 5.89. The second kappa shape index (κ2) is 12.0. The van der Waals surface area contributed by atoms with Crippen molar-refractivity contribution < 1.29 is 23.8 Å². The van der Waals surface area contributed by atoms with Gasteiger partial charge in [0.1, 0.15) is 11.5 Å². The molecule has 3 rings (SSSR count). The normalized spacial score (nSPS) is 15.3. The van der Waals surface area contributed by atoms with E-state index >= 15 is 0 Å². The van der Waals surface area contributed by atoms with E-state index in [0.29, 0.717) is 27.7 Å². The second-order valence-corrected chi connectivity index (χ2v) is 8.04. The zero-order valence-corrected chi connectivity index (χ0v) is 20.8. The molecule has 0 bridgehead atoms. The Morgan fingerprint density at radius 1 is 1.20 bits per heavy atom. The Bertz CT molecular complexity index is 1180. The highest BCUT2D eigenvalue weighted by atomic mass is 32.1. The molecule has 35 heavy (non-hydrogen) atoms. The smallest absolute Gasteiger partial charge is 0.338 e. The molecule has 9 nitrogen and oxygen atoms in total. The molecular formula is C25H28N4O5S. The molecule has 1 atom stereocenters. The van der Waals surface area contributed by atoms with Crippen LogP contribution in [0.3, 0.4) is 0 Å². The third-order valence-electron chi connectivity index (χ3n) is 5.22. The van der Waals surface area contributed by atoms with Crippen molar-refractivity contribution in [1.82, 2.24) is 16.1 Å². The van der Waals surface area contributed by atoms with Gasteiger partial charge in [0.05, 0.1) is 31.5 Å². The van der Waals surface area contributed by atoms with E-state index in [9.17, 15) is 9.59 Å². The van der Waals surface area contributed by atoms with Crippen LogP contribution in [-0.4, -0.2) is 43.5 Å². The topological polar surface area (TPSA) is 110 Å². The van der Waals surface area contributed by atoms with Gasteiger partial charge in [-0.15, -0.1) is 0 Å². The summed E-state index contributed by atoms with van der Waals surface area (Å²) in [6.07, 6.45) is 1.56. The average Bonchev–Trinajstić information content (AvgIpc) is 2.83. The molecule has 0 spiro atoms. The van der Waals surface area contributed by atoms with E-state index in [1.165, 1.54) is 0 Å². The van der Waals surface area contributed by atoms with Crippen LogP contribution in [0, 0.1) is 6.92 Å². The first-order chi connectivity index (χ1) is 16.8. The van der Waals surface area contributed by atoms with Gasteiger partial charge in [-0.1, -0.05) is 18.2 Å². The van der Waals surface area contributed by atoms with Crippen LogP contribution in [0.1, 0.15) is 36.6 Å². The minimum atomic E-state index is -0.599. The van der Waals surface area contributed by atoms with E-state index in [0.717, 1.165) is 16.9 Å². The highest BCUT2D eigenvalue weighted by Crippen LogP contribution is 2.33. The Morgan fingerprint density at radius 2 is 1.97 bits per heavy atom. The summed E-state index contributed by atoms with van der Waals surface area (Å²) < 4.78 is 16.2. The number of carbonyl (C=O) groups is 2. The van der Waals surface area contributed by atoms with E-state index in [1.54, 1.807) is 45.4 Å². The summed E-state index contributed by atoms with van der Waals surface area (Å²) in [5, 5.41) is 10.4. The summed E-state index contributed by atoms with van der Waals surface area (Å²) in [4.78, 5) is 25.0. The fraction of sp³-hybridized carbons (Fsp3) is 0.280. The number of ether oxygens (including phenoxy) is 3. The van der Waals surface area contributed by atoms with E-state index in [-0.39, 0.29) is 13.2 Å². The lowest BCUT2D eigenvalue weighted by molar-refractivity contribution is -0.139. The van der Waals surface area contributed by atoms with Gasteiger partial charge in [-0.05, 0) is 68.4 Å². The number of allylic oxidation sites excluding steroid dienone is 1. The molecule has 2 aromatic rings. The number of nitrogens with zero attached hydrogens (tertiary/aromatic N) is 1. The number of para-hydroxylation sites is 1. The molecule has 3 N–H and O–H groups in total. The summed E-state index contributed by atoms with van der Waals surface area (Å²) in [7, 11) is 1.60. The van der Waals surface area contributed by atoms with Crippen LogP contribution >= 0.6 is 12.2 Å². The largest absolute Gasteiger partial charge is 0.497 e. The lowest BCUT2D eigenvalue weighted by Gasteiger charge is -2.30. The second-order valence-electron chi connectivity index (χ2n) is 7.63. The molecule has 10 heteroatoms. The predicted molar refractivity (Wildman–Crippen MR) is 136 cm³/mol. The summed E-state index contributed by atoms with van der Waals surface area (Å²) in [6.45, 7) is 5.38. The third kappa shape index (κ3) is 6.57. The summed E-state index contributed by atoms with van der Waals surface area (Å²) >= 11 is 5.29. The van der Waals surface area contributed by atoms with Crippen LogP contribution in [-0.2, 0) is 14.3 Å². The van der Waals surface area contributed by atoms with Gasteiger partial charge < -0.3 is 24.8 Å². The van der Waals surface area contributed by atoms with Crippen molar-refractivity contribution in [3.05, 3.63) is 70.4 Å². The Balaban J connectivity index is 1.70. The van der Waals surface area contributed by atoms with Crippen molar-refractivity contribution in [2.75, 3.05) is 20.3 Å². The van der Waals surface area contributed by atoms with Crippen molar-refractivity contribution >= 4 is 35.4 Å². The van der Waals surface area contributed by atoms with Gasteiger partial charge in [0.15, 0.2) is 11.7 Å². The van der Waals surface area contributed by atoms with Crippen LogP contribution in [0.4, 0.5) is 0 Å². The quantitative estimate of drug-likeness (QED) is 0.210. The van der Waals surface area contributed by atoms with Crippen LogP contribution in [0.2, 0.25) is 0 Å². The predicted octanol–water partition coefficient (Wildman–Crippen LogP) is 2.89. The first-order valence-corrected chi connectivity index (χ1v) is 11.4. The number of carbonyl (C=O) groups excluding carboxylic acids is 2. The molecule has 1 aliphatic heterocycles. The first-order valence-electron chi connectivity index (χ1n) is 11.0. The molecule has 0 saturated heterocycles. The number of hydrogen-bond acceptors (Lipinski definition) is 7. The van der Waals surface area contributed by atoms with Crippen molar-refractivity contribution in [3.8, 4) is 11.5 Å². The van der Waals surface area contributed by atoms with E-state index < -0.39 is 17.9 Å². The van der Waals surface area contributed by atoms with Crippen molar-refractivity contribution in [1.29, 1.82) is 0 Å². The fourth-order valence-corrected chi connectivity index (χ4v) is 3.80. The van der Waals surface area contributed by atoms with Crippen LogP contribution in [0.25, 0.3) is 0 Å². The number of nitrogens with one attached hydrogen (secondary N) is 3. The van der Waals surface area contributed by atoms with Gasteiger partial charge in [-0.25, -0.2) is 10.2 Å². The lowest BCUT2D eigenvalue weighted by Crippen LogP contribution is -2.45. The van der Waals surface area contributed by atoms with Crippen molar-refractivity contribution in [2.45, 2.75) is 26.8 Å². The highest BCUT2D eigenvalue weighted by molar-refractivity contribution is 7.80. The minimum Gasteiger partial charge on any atom is -0.497 e. The molecule has 1 amide bonds. The Morgan fingerprint density at radius 3 is 2.69 bits per heavy atom. The zero-order chi connectivity index (χ0) is 25.4. The number of aryl methyl sites for hydroxylation is 1. The molecule has 1 heterocycles. The van der Waals surface area contributed by atoms with E-state index in [1.807, 2.05) is 31.2 Å². The van der Waals surface area contributed by atoms with Gasteiger partial charge in [0, 0.05) is 11.3 Å². The molecule has 0 radical (unpaired) electrons. The third-order valence-corrected chi connectivity index (χ3v) is 5.44. The first kappa shape index (κ1) is 25.7. The highest BCUT2D eigenvalue weighted by Gasteiger charge is 2.32. The van der Waals surface area contributed by atoms with Crippen LogP contribution in [0.5, 0.6) is 11.5 Å². The fourth-order valence-electron chi connectivity index (χ4n) is 3.53. The van der Waals surface area contributed by atoms with Crippen molar-refractivity contribution in [3.63, 3.8) is 0 Å². The van der Waals surface area contributed by atoms with Gasteiger partial charge in [0.25, 0.3) is 5.91 Å². The summed E-state index contributed by atoms with van der Waals surface area (Å²) in [5.74, 6) is 0.270.